The number of benzene rings is 1. The minimum absolute atomic E-state index is 0.0263. The fraction of sp³-hybridized carbons (Fsp3) is 0.673. The third-order valence-corrected chi connectivity index (χ3v) is 14.9. The number of fused-ring (bicyclic) bond motifs is 2. The molecule has 65 heavy (non-hydrogen) atoms. The molecule has 2 aromatic heterocycles. The zero-order valence-corrected chi connectivity index (χ0v) is 39.9. The van der Waals surface area contributed by atoms with Crippen molar-refractivity contribution < 1.29 is 47.6 Å². The molecule has 5 aliphatic rings. The van der Waals surface area contributed by atoms with Crippen LogP contribution in [0.4, 0.5) is 6.01 Å². The van der Waals surface area contributed by atoms with E-state index < -0.39 is 40.8 Å². The van der Waals surface area contributed by atoms with Crippen LogP contribution in [-0.4, -0.2) is 118 Å². The van der Waals surface area contributed by atoms with E-state index in [0.717, 1.165) is 19.4 Å². The number of ether oxygens (including phenoxy) is 4. The van der Waals surface area contributed by atoms with Gasteiger partial charge < -0.3 is 38.7 Å². The van der Waals surface area contributed by atoms with Crippen molar-refractivity contribution in [1.29, 1.82) is 0 Å². The van der Waals surface area contributed by atoms with Gasteiger partial charge in [-0.25, -0.2) is 4.98 Å². The van der Waals surface area contributed by atoms with Gasteiger partial charge in [0.2, 0.25) is 5.91 Å². The second-order valence-corrected chi connectivity index (χ2v) is 21.6. The number of anilines is 1. The number of carboxylic acid groups (broad SMARTS) is 1. The van der Waals surface area contributed by atoms with E-state index in [4.69, 9.17) is 39.9 Å². The Bertz CT molecular complexity index is 2280. The first kappa shape index (κ1) is 47.0. The molecule has 0 spiro atoms. The molecule has 2 saturated heterocycles. The van der Waals surface area contributed by atoms with E-state index in [0.29, 0.717) is 90.8 Å². The van der Waals surface area contributed by atoms with E-state index in [9.17, 15) is 24.3 Å². The lowest BCUT2D eigenvalue weighted by atomic mass is 9.77. The summed E-state index contributed by atoms with van der Waals surface area (Å²) in [6.07, 6.45) is 4.40. The van der Waals surface area contributed by atoms with Crippen molar-refractivity contribution in [3.63, 3.8) is 0 Å². The molecule has 3 aromatic rings. The number of hydrogen-bond donors (Lipinski definition) is 2. The summed E-state index contributed by atoms with van der Waals surface area (Å²) in [4.78, 5) is 69.0. The number of morpholine rings is 1. The van der Waals surface area contributed by atoms with Crippen LogP contribution >= 0.6 is 11.6 Å². The van der Waals surface area contributed by atoms with E-state index in [1.165, 1.54) is 17.6 Å². The van der Waals surface area contributed by atoms with E-state index in [1.54, 1.807) is 12.1 Å². The molecule has 8 atom stereocenters. The number of carbonyl (C=O) groups is 4. The maximum atomic E-state index is 14.9. The number of aromatic nitrogens is 2. The van der Waals surface area contributed by atoms with E-state index in [1.807, 2.05) is 47.6 Å². The first-order chi connectivity index (χ1) is 30.8. The number of carboxylic acids is 1. The van der Waals surface area contributed by atoms with Gasteiger partial charge in [0.05, 0.1) is 54.8 Å². The van der Waals surface area contributed by atoms with Crippen LogP contribution in [0.2, 0.25) is 5.02 Å². The number of amides is 1. The van der Waals surface area contributed by atoms with Crippen molar-refractivity contribution >= 4 is 52.1 Å². The van der Waals surface area contributed by atoms with Crippen LogP contribution in [0.3, 0.4) is 0 Å². The predicted octanol–water partition coefficient (Wildman–Crippen LogP) is 8.06. The van der Waals surface area contributed by atoms with Crippen LogP contribution < -0.4 is 14.8 Å². The Morgan fingerprint density at radius 2 is 1.78 bits per heavy atom. The molecule has 0 bridgehead atoms. The fourth-order valence-corrected chi connectivity index (χ4v) is 10.7. The number of hydrogen-bond acceptors (Lipinski definition) is 13. The molecule has 2 aliphatic heterocycles. The number of rotatable bonds is 18. The lowest BCUT2D eigenvalue weighted by Gasteiger charge is -2.41. The number of ketones is 1. The molecular formula is C49H66ClN5O10. The maximum absolute atomic E-state index is 14.9. The first-order valence-electron chi connectivity index (χ1n) is 23.5. The second kappa shape index (κ2) is 18.3. The van der Waals surface area contributed by atoms with Gasteiger partial charge in [0.15, 0.2) is 5.78 Å². The van der Waals surface area contributed by atoms with E-state index in [2.05, 4.69) is 29.0 Å². The molecule has 1 amide bonds. The number of nitrogens with one attached hydrogen (secondary N) is 1. The average molecular weight is 921 g/mol. The molecule has 16 heteroatoms. The normalized spacial score (nSPS) is 27.6. The zero-order chi connectivity index (χ0) is 46.6. The zero-order valence-electron chi connectivity index (χ0n) is 39.1. The highest BCUT2D eigenvalue weighted by atomic mass is 35.5. The first-order valence-corrected chi connectivity index (χ1v) is 23.9. The third kappa shape index (κ3) is 10.1. The number of halogens is 1. The summed E-state index contributed by atoms with van der Waals surface area (Å²) in [7, 11) is 0. The smallest absolute Gasteiger partial charge is 0.310 e. The van der Waals surface area contributed by atoms with Crippen molar-refractivity contribution in [3.05, 3.63) is 29.5 Å². The number of Topliss-reactive ketones (excluding diaryl/α,β-unsaturated/α-hetero) is 1. The van der Waals surface area contributed by atoms with Crippen molar-refractivity contribution in [1.82, 2.24) is 19.8 Å². The van der Waals surface area contributed by atoms with Crippen molar-refractivity contribution in [2.45, 2.75) is 137 Å². The number of nitrogens with zero attached hydrogens (tertiary/aromatic N) is 4. The Balaban J connectivity index is 1.09. The number of oxazole rings is 1. The molecule has 8 rings (SSSR count). The molecule has 3 saturated carbocycles. The summed E-state index contributed by atoms with van der Waals surface area (Å²) in [6.45, 7) is 19.0. The highest BCUT2D eigenvalue weighted by Crippen LogP contribution is 2.58. The molecule has 4 heterocycles. The SMILES string of the molecule is CC[C@@H]1C[C@]1(CC(=O)[C@@H]1C[C@@H](Oc2cc(-c3coc(NC(C)C)n3)nc3c(Cl)c(OCCN4CCOCC4(C)C)ccc23)CN1C(=O)C(CC(=O)OC1C[C@@H]2C[C@@H]2C1)C(C)(C)C)C(=O)O. The lowest BCUT2D eigenvalue weighted by Crippen LogP contribution is -2.54. The summed E-state index contributed by atoms with van der Waals surface area (Å²) in [6, 6.07) is 4.77. The highest BCUT2D eigenvalue weighted by molar-refractivity contribution is 6.36. The van der Waals surface area contributed by atoms with Gasteiger partial charge in [-0.15, -0.1) is 0 Å². The van der Waals surface area contributed by atoms with Crippen LogP contribution in [0.25, 0.3) is 22.3 Å². The van der Waals surface area contributed by atoms with Crippen LogP contribution in [0.15, 0.2) is 28.9 Å². The number of pyridine rings is 1. The Morgan fingerprint density at radius 1 is 1.03 bits per heavy atom. The lowest BCUT2D eigenvalue weighted by molar-refractivity contribution is -0.157. The predicted molar refractivity (Wildman–Crippen MR) is 244 cm³/mol. The van der Waals surface area contributed by atoms with Gasteiger partial charge in [-0.2, -0.15) is 4.98 Å². The van der Waals surface area contributed by atoms with Gasteiger partial charge in [0.1, 0.15) is 47.3 Å². The van der Waals surface area contributed by atoms with Crippen LogP contribution in [0.5, 0.6) is 11.5 Å². The topological polar surface area (TPSA) is 183 Å². The monoisotopic (exact) mass is 919 g/mol. The molecule has 2 N–H and O–H groups in total. The van der Waals surface area contributed by atoms with E-state index in [-0.39, 0.29) is 66.1 Å². The van der Waals surface area contributed by atoms with Crippen molar-refractivity contribution in [2.24, 2.45) is 34.5 Å². The molecule has 354 valence electrons. The molecule has 15 nitrogen and oxygen atoms in total. The Kier molecular flexibility index (Phi) is 13.3. The van der Waals surface area contributed by atoms with Crippen LogP contribution in [-0.2, 0) is 28.7 Å². The molecule has 3 aliphatic carbocycles. The second-order valence-electron chi connectivity index (χ2n) is 21.2. The molecule has 2 unspecified atom stereocenters. The Morgan fingerprint density at radius 3 is 2.45 bits per heavy atom. The minimum Gasteiger partial charge on any atom is -0.491 e. The van der Waals surface area contributed by atoms with Gasteiger partial charge in [-0.1, -0.05) is 45.7 Å². The van der Waals surface area contributed by atoms with Gasteiger partial charge in [0.25, 0.3) is 6.01 Å². The quantitative estimate of drug-likeness (QED) is 0.117. The van der Waals surface area contributed by atoms with Crippen molar-refractivity contribution in [2.75, 3.05) is 44.8 Å². The number of likely N-dealkylation sites (tertiary alicyclic amines) is 1. The van der Waals surface area contributed by atoms with Gasteiger partial charge in [0, 0.05) is 49.0 Å². The summed E-state index contributed by atoms with van der Waals surface area (Å²) < 4.78 is 30.5. The third-order valence-electron chi connectivity index (χ3n) is 14.5. The Labute approximate surface area is 386 Å². The van der Waals surface area contributed by atoms with Crippen LogP contribution in [0.1, 0.15) is 107 Å². The molecule has 5 fully saturated rings. The van der Waals surface area contributed by atoms with E-state index >= 15 is 0 Å². The number of carbonyl (C=O) groups excluding carboxylic acids is 3. The maximum Gasteiger partial charge on any atom is 0.310 e. The molecular weight excluding hydrogens is 854 g/mol. The Hall–Kier alpha value is -4.47. The van der Waals surface area contributed by atoms with Gasteiger partial charge in [-0.05, 0) is 88.7 Å². The molecule has 0 radical (unpaired) electrons. The summed E-state index contributed by atoms with van der Waals surface area (Å²) in [5.74, 6) is -0.957. The van der Waals surface area contributed by atoms with Gasteiger partial charge >= 0.3 is 11.9 Å². The summed E-state index contributed by atoms with van der Waals surface area (Å²) in [5, 5.41) is 14.3. The largest absolute Gasteiger partial charge is 0.491 e. The van der Waals surface area contributed by atoms with Crippen molar-refractivity contribution in [3.8, 4) is 22.9 Å². The average Bonchev–Trinajstić information content (AvgIpc) is 3.91. The summed E-state index contributed by atoms with van der Waals surface area (Å²) in [5.41, 5.74) is -0.730. The number of esters is 1. The standard InChI is InChI=1S/C49H66ClN5O10/c1-9-30-22-49(30,45(59)60)23-38(56)37-19-32(24-55(37)44(58)34(47(4,5)6)20-41(57)65-31-17-28-16-29(28)18-31)64-40-21-35(36-25-63-46(53-36)51-27(2)3)52-43-33(40)10-11-39(42(43)50)62-15-13-54-12-14-61-26-48(54,7)8/h10-11,21,25,27-32,34,37H,9,12-20,22-24,26H2,1-8H3,(H,51,53)(H,59,60)/t28-,29+,30-,31?,32-,34?,37+,49-/m1/s1. The number of aliphatic carboxylic acids is 1. The molecule has 1 aromatic carbocycles. The van der Waals surface area contributed by atoms with Gasteiger partial charge in [-0.3, -0.25) is 24.1 Å². The van der Waals surface area contributed by atoms with Crippen LogP contribution in [0, 0.1) is 34.5 Å². The fourth-order valence-electron chi connectivity index (χ4n) is 10.5. The minimum atomic E-state index is -1.17. The highest BCUT2D eigenvalue weighted by Gasteiger charge is 2.61. The summed E-state index contributed by atoms with van der Waals surface area (Å²) >= 11 is 7.15.